The molecule has 80 valence electrons. The number of likely N-dealkylation sites (tertiary alicyclic amines) is 1. The van der Waals surface area contributed by atoms with Crippen molar-refractivity contribution in [3.8, 4) is 0 Å². The van der Waals surface area contributed by atoms with Crippen molar-refractivity contribution < 1.29 is 9.90 Å². The van der Waals surface area contributed by atoms with E-state index in [1.807, 2.05) is 4.90 Å². The number of nitrogens with one attached hydrogen (secondary N) is 1. The van der Waals surface area contributed by atoms with Gasteiger partial charge in [-0.1, -0.05) is 6.92 Å². The van der Waals surface area contributed by atoms with Crippen LogP contribution in [-0.4, -0.2) is 48.7 Å². The molecular formula is C10H18N2O2. The molecule has 0 bridgehead atoms. The Morgan fingerprint density at radius 1 is 1.50 bits per heavy atom. The minimum absolute atomic E-state index is 0.162. The molecule has 2 rings (SSSR count). The van der Waals surface area contributed by atoms with Crippen molar-refractivity contribution >= 4 is 5.91 Å². The average Bonchev–Trinajstić information content (AvgIpc) is 2.49. The van der Waals surface area contributed by atoms with Gasteiger partial charge in [-0.05, 0) is 12.5 Å². The van der Waals surface area contributed by atoms with Crippen LogP contribution in [0.3, 0.4) is 0 Å². The molecule has 2 N–H and O–H groups in total. The minimum Gasteiger partial charge on any atom is -0.396 e. The molecule has 2 saturated heterocycles. The summed E-state index contributed by atoms with van der Waals surface area (Å²) in [7, 11) is 0. The molecule has 4 heteroatoms. The van der Waals surface area contributed by atoms with Gasteiger partial charge in [-0.15, -0.1) is 0 Å². The van der Waals surface area contributed by atoms with E-state index < -0.39 is 0 Å². The van der Waals surface area contributed by atoms with Crippen LogP contribution in [0.1, 0.15) is 6.92 Å². The zero-order valence-corrected chi connectivity index (χ0v) is 8.57. The lowest BCUT2D eigenvalue weighted by Crippen LogP contribution is -2.54. The minimum atomic E-state index is 0.162. The molecule has 0 aromatic rings. The highest BCUT2D eigenvalue weighted by Crippen LogP contribution is 2.23. The summed E-state index contributed by atoms with van der Waals surface area (Å²) in [6, 6.07) is 0. The Balaban J connectivity index is 1.84. The Morgan fingerprint density at radius 3 is 2.71 bits per heavy atom. The van der Waals surface area contributed by atoms with E-state index in [1.165, 1.54) is 0 Å². The predicted molar refractivity (Wildman–Crippen MR) is 52.7 cm³/mol. The van der Waals surface area contributed by atoms with Gasteiger partial charge in [0.1, 0.15) is 0 Å². The molecule has 0 unspecified atom stereocenters. The van der Waals surface area contributed by atoms with Gasteiger partial charge >= 0.3 is 0 Å². The number of aliphatic hydroxyl groups is 1. The Labute approximate surface area is 84.3 Å². The van der Waals surface area contributed by atoms with Crippen molar-refractivity contribution in [3.63, 3.8) is 0 Å². The number of carbonyl (C=O) groups excluding carboxylic acids is 1. The lowest BCUT2D eigenvalue weighted by Gasteiger charge is -2.40. The molecule has 0 aromatic carbocycles. The van der Waals surface area contributed by atoms with Crippen LogP contribution < -0.4 is 5.32 Å². The van der Waals surface area contributed by atoms with E-state index >= 15 is 0 Å². The Hall–Kier alpha value is -0.610. The molecule has 0 saturated carbocycles. The standard InChI is InChI=1S/C10H18N2O2/c1-7-2-11-3-9(7)10(14)12-4-8(5-12)6-13/h7-9,11,13H,2-6H2,1H3/t7-,9-/m1/s1. The summed E-state index contributed by atoms with van der Waals surface area (Å²) in [6.07, 6.45) is 0. The number of aliphatic hydroxyl groups excluding tert-OH is 1. The second-order valence-electron chi connectivity index (χ2n) is 4.53. The second kappa shape index (κ2) is 3.87. The number of carbonyl (C=O) groups is 1. The summed E-state index contributed by atoms with van der Waals surface area (Å²) >= 11 is 0. The number of amides is 1. The Morgan fingerprint density at radius 2 is 2.21 bits per heavy atom. The third-order valence-electron chi connectivity index (χ3n) is 3.36. The molecule has 4 nitrogen and oxygen atoms in total. The van der Waals surface area contributed by atoms with Crippen LogP contribution in [0.25, 0.3) is 0 Å². The SMILES string of the molecule is C[C@@H]1CNC[C@H]1C(=O)N1CC(CO)C1. The molecule has 1 amide bonds. The van der Waals surface area contributed by atoms with Crippen LogP contribution >= 0.6 is 0 Å². The normalized spacial score (nSPS) is 33.1. The predicted octanol–water partition coefficient (Wildman–Crippen LogP) is -0.707. The summed E-state index contributed by atoms with van der Waals surface area (Å²) in [5.74, 6) is 1.21. The molecule has 2 fully saturated rings. The first-order chi connectivity index (χ1) is 6.72. The molecule has 2 atom stereocenters. The maximum Gasteiger partial charge on any atom is 0.227 e. The lowest BCUT2D eigenvalue weighted by atomic mass is 9.93. The average molecular weight is 198 g/mol. The molecule has 14 heavy (non-hydrogen) atoms. The fraction of sp³-hybridized carbons (Fsp3) is 0.900. The van der Waals surface area contributed by atoms with Gasteiger partial charge in [-0.25, -0.2) is 0 Å². The van der Waals surface area contributed by atoms with E-state index in [0.717, 1.165) is 26.2 Å². The molecule has 2 aliphatic heterocycles. The molecule has 2 heterocycles. The van der Waals surface area contributed by atoms with Crippen LogP contribution in [0.4, 0.5) is 0 Å². The Bertz CT molecular complexity index is 226. The molecule has 0 spiro atoms. The maximum atomic E-state index is 11.9. The van der Waals surface area contributed by atoms with E-state index in [0.29, 0.717) is 11.8 Å². The van der Waals surface area contributed by atoms with E-state index in [2.05, 4.69) is 12.2 Å². The molecule has 0 aliphatic carbocycles. The molecular weight excluding hydrogens is 180 g/mol. The fourth-order valence-corrected chi connectivity index (χ4v) is 2.24. The summed E-state index contributed by atoms with van der Waals surface area (Å²) < 4.78 is 0. The smallest absolute Gasteiger partial charge is 0.227 e. The maximum absolute atomic E-state index is 11.9. The lowest BCUT2D eigenvalue weighted by molar-refractivity contribution is -0.143. The van der Waals surface area contributed by atoms with Gasteiger partial charge in [-0.2, -0.15) is 0 Å². The van der Waals surface area contributed by atoms with Crippen molar-refractivity contribution in [2.45, 2.75) is 6.92 Å². The van der Waals surface area contributed by atoms with Crippen LogP contribution in [0, 0.1) is 17.8 Å². The first-order valence-electron chi connectivity index (χ1n) is 5.32. The topological polar surface area (TPSA) is 52.6 Å². The first kappa shape index (κ1) is 9.93. The highest BCUT2D eigenvalue weighted by molar-refractivity contribution is 5.80. The van der Waals surface area contributed by atoms with E-state index in [1.54, 1.807) is 0 Å². The van der Waals surface area contributed by atoms with Crippen molar-refractivity contribution in [2.24, 2.45) is 17.8 Å². The van der Waals surface area contributed by atoms with Gasteiger partial charge in [0.25, 0.3) is 0 Å². The van der Waals surface area contributed by atoms with Gasteiger partial charge in [0.05, 0.1) is 5.92 Å². The van der Waals surface area contributed by atoms with Gasteiger partial charge in [-0.3, -0.25) is 4.79 Å². The highest BCUT2D eigenvalue weighted by Gasteiger charge is 2.37. The summed E-state index contributed by atoms with van der Waals surface area (Å²) in [6.45, 7) is 5.60. The summed E-state index contributed by atoms with van der Waals surface area (Å²) in [5, 5.41) is 12.1. The summed E-state index contributed by atoms with van der Waals surface area (Å²) in [4.78, 5) is 13.8. The van der Waals surface area contributed by atoms with E-state index in [4.69, 9.17) is 5.11 Å². The van der Waals surface area contributed by atoms with Gasteiger partial charge < -0.3 is 15.3 Å². The first-order valence-corrected chi connectivity index (χ1v) is 5.32. The van der Waals surface area contributed by atoms with Crippen LogP contribution in [0.15, 0.2) is 0 Å². The third kappa shape index (κ3) is 1.64. The van der Waals surface area contributed by atoms with Crippen LogP contribution in [-0.2, 0) is 4.79 Å². The number of hydrogen-bond donors (Lipinski definition) is 2. The van der Waals surface area contributed by atoms with Crippen molar-refractivity contribution in [3.05, 3.63) is 0 Å². The summed E-state index contributed by atoms with van der Waals surface area (Å²) in [5.41, 5.74) is 0. The van der Waals surface area contributed by atoms with Crippen molar-refractivity contribution in [2.75, 3.05) is 32.8 Å². The Kier molecular flexibility index (Phi) is 2.74. The largest absolute Gasteiger partial charge is 0.396 e. The van der Waals surface area contributed by atoms with E-state index in [-0.39, 0.29) is 18.4 Å². The van der Waals surface area contributed by atoms with Crippen molar-refractivity contribution in [1.29, 1.82) is 0 Å². The molecule has 0 radical (unpaired) electrons. The number of nitrogens with zero attached hydrogens (tertiary/aromatic N) is 1. The van der Waals surface area contributed by atoms with Gasteiger partial charge in [0, 0.05) is 32.2 Å². The zero-order valence-electron chi connectivity index (χ0n) is 8.57. The van der Waals surface area contributed by atoms with E-state index in [9.17, 15) is 4.79 Å². The van der Waals surface area contributed by atoms with Crippen molar-refractivity contribution in [1.82, 2.24) is 10.2 Å². The van der Waals surface area contributed by atoms with Gasteiger partial charge in [0.15, 0.2) is 0 Å². The molecule has 2 aliphatic rings. The fourth-order valence-electron chi connectivity index (χ4n) is 2.24. The highest BCUT2D eigenvalue weighted by atomic mass is 16.3. The van der Waals surface area contributed by atoms with Crippen LogP contribution in [0.5, 0.6) is 0 Å². The monoisotopic (exact) mass is 198 g/mol. The quantitative estimate of drug-likeness (QED) is 0.616. The second-order valence-corrected chi connectivity index (χ2v) is 4.53. The van der Waals surface area contributed by atoms with Crippen LogP contribution in [0.2, 0.25) is 0 Å². The molecule has 0 aromatic heterocycles. The third-order valence-corrected chi connectivity index (χ3v) is 3.36. The zero-order chi connectivity index (χ0) is 10.1. The van der Waals surface area contributed by atoms with Gasteiger partial charge in [0.2, 0.25) is 5.91 Å². The number of hydrogen-bond acceptors (Lipinski definition) is 3. The number of rotatable bonds is 2.